The highest BCUT2D eigenvalue weighted by molar-refractivity contribution is 7.99. The van der Waals surface area contributed by atoms with Crippen molar-refractivity contribution in [2.24, 2.45) is 0 Å². The number of amides is 2. The summed E-state index contributed by atoms with van der Waals surface area (Å²) in [6.07, 6.45) is -0.234. The molecule has 1 aliphatic rings. The van der Waals surface area contributed by atoms with Crippen molar-refractivity contribution in [1.82, 2.24) is 10.6 Å². The second-order valence-electron chi connectivity index (χ2n) is 10.5. The number of rotatable bonds is 11. The van der Waals surface area contributed by atoms with Gasteiger partial charge in [-0.1, -0.05) is 66.7 Å². The van der Waals surface area contributed by atoms with Gasteiger partial charge in [0.05, 0.1) is 24.4 Å². The molecule has 44 heavy (non-hydrogen) atoms. The largest absolute Gasteiger partial charge is 0.478 e. The molecule has 0 saturated carbocycles. The number of ether oxygens (including phenoxy) is 2. The van der Waals surface area contributed by atoms with Crippen molar-refractivity contribution in [2.45, 2.75) is 49.9 Å². The molecule has 4 N–H and O–H groups in total. The van der Waals surface area contributed by atoms with Crippen molar-refractivity contribution in [2.75, 3.05) is 12.3 Å². The first-order valence-corrected chi connectivity index (χ1v) is 15.6. The molecular formula is C35H36N2O6S. The molecule has 228 valence electrons. The fourth-order valence-corrected chi connectivity index (χ4v) is 5.93. The van der Waals surface area contributed by atoms with Gasteiger partial charge in [0, 0.05) is 35.7 Å². The van der Waals surface area contributed by atoms with Crippen molar-refractivity contribution in [3.05, 3.63) is 125 Å². The van der Waals surface area contributed by atoms with Gasteiger partial charge in [0.2, 0.25) is 0 Å². The highest BCUT2D eigenvalue weighted by Crippen LogP contribution is 2.40. The molecule has 1 saturated heterocycles. The standard InChI is InChI=1S/C35H36N2O6S/c1-2-36-35(41)37-20-24-4-3-5-29(18-24)25-10-12-28(13-11-25)34-42-30(22-44-31-16-14-27(15-17-31)33(39)40)19-32(43-34)26-8-6-23(21-38)7-9-26/h3-18,30,32,34,38H,2,19-22H2,1H3,(H,39,40)(H2,36,37,41)/t30-,32+,34+/m0/s1. The average molecular weight is 613 g/mol. The van der Waals surface area contributed by atoms with Gasteiger partial charge in [0.25, 0.3) is 0 Å². The van der Waals surface area contributed by atoms with E-state index < -0.39 is 12.3 Å². The number of nitrogens with one attached hydrogen (secondary N) is 2. The lowest BCUT2D eigenvalue weighted by atomic mass is 9.99. The van der Waals surface area contributed by atoms with Crippen LogP contribution in [0.5, 0.6) is 0 Å². The number of hydrogen-bond donors (Lipinski definition) is 4. The summed E-state index contributed by atoms with van der Waals surface area (Å²) < 4.78 is 13.0. The van der Waals surface area contributed by atoms with E-state index in [1.165, 1.54) is 0 Å². The number of benzene rings is 4. The highest BCUT2D eigenvalue weighted by atomic mass is 32.2. The molecule has 0 aromatic heterocycles. The Labute approximate surface area is 261 Å². The minimum absolute atomic E-state index is 0.0164. The van der Waals surface area contributed by atoms with Gasteiger partial charge in [0.15, 0.2) is 6.29 Å². The summed E-state index contributed by atoms with van der Waals surface area (Å²) in [7, 11) is 0. The van der Waals surface area contributed by atoms with E-state index in [0.29, 0.717) is 25.3 Å². The quantitative estimate of drug-likeness (QED) is 0.139. The van der Waals surface area contributed by atoms with Gasteiger partial charge >= 0.3 is 12.0 Å². The molecule has 9 heteroatoms. The smallest absolute Gasteiger partial charge is 0.335 e. The summed E-state index contributed by atoms with van der Waals surface area (Å²) in [5.74, 6) is -0.272. The molecule has 1 heterocycles. The third-order valence-corrected chi connectivity index (χ3v) is 8.53. The van der Waals surface area contributed by atoms with Crippen molar-refractivity contribution in [3.8, 4) is 11.1 Å². The van der Waals surface area contributed by atoms with Crippen molar-refractivity contribution < 1.29 is 29.3 Å². The fraction of sp³-hybridized carbons (Fsp3) is 0.257. The summed E-state index contributed by atoms with van der Waals surface area (Å²) >= 11 is 1.62. The molecule has 0 spiro atoms. The molecule has 1 aliphatic heterocycles. The van der Waals surface area contributed by atoms with Gasteiger partial charge < -0.3 is 30.3 Å². The predicted octanol–water partition coefficient (Wildman–Crippen LogP) is 6.70. The lowest BCUT2D eigenvalue weighted by Crippen LogP contribution is -2.34. The zero-order valence-corrected chi connectivity index (χ0v) is 25.3. The lowest BCUT2D eigenvalue weighted by molar-refractivity contribution is -0.245. The van der Waals surface area contributed by atoms with Crippen LogP contribution in [0, 0.1) is 0 Å². The van der Waals surface area contributed by atoms with E-state index >= 15 is 0 Å². The fourth-order valence-electron chi connectivity index (χ4n) is 5.00. The maximum atomic E-state index is 11.8. The Morgan fingerprint density at radius 1 is 0.841 bits per heavy atom. The molecular weight excluding hydrogens is 576 g/mol. The first-order chi connectivity index (χ1) is 21.4. The molecule has 8 nitrogen and oxygen atoms in total. The van der Waals surface area contributed by atoms with Crippen LogP contribution in [0.3, 0.4) is 0 Å². The Hall–Kier alpha value is -4.15. The molecule has 5 rings (SSSR count). The van der Waals surface area contributed by atoms with Crippen LogP contribution in [0.25, 0.3) is 11.1 Å². The van der Waals surface area contributed by atoms with Gasteiger partial charge in [-0.2, -0.15) is 0 Å². The number of urea groups is 1. The number of carboxylic acids is 1. The number of aliphatic hydroxyl groups excluding tert-OH is 1. The molecule has 4 aromatic carbocycles. The zero-order valence-electron chi connectivity index (χ0n) is 24.4. The summed E-state index contributed by atoms with van der Waals surface area (Å²) in [6.45, 7) is 2.88. The first kappa shape index (κ1) is 31.3. The Morgan fingerprint density at radius 3 is 2.25 bits per heavy atom. The monoisotopic (exact) mass is 612 g/mol. The normalized spacial score (nSPS) is 18.0. The van der Waals surface area contributed by atoms with Crippen LogP contribution < -0.4 is 10.6 Å². The maximum absolute atomic E-state index is 11.8. The summed E-state index contributed by atoms with van der Waals surface area (Å²) in [5.41, 5.74) is 6.11. The Kier molecular flexibility index (Phi) is 10.7. The minimum Gasteiger partial charge on any atom is -0.478 e. The van der Waals surface area contributed by atoms with E-state index in [-0.39, 0.29) is 30.4 Å². The van der Waals surface area contributed by atoms with Gasteiger partial charge in [-0.3, -0.25) is 0 Å². The van der Waals surface area contributed by atoms with Crippen LogP contribution in [0.1, 0.15) is 58.4 Å². The lowest BCUT2D eigenvalue weighted by Gasteiger charge is -2.36. The Bertz CT molecular complexity index is 1540. The van der Waals surface area contributed by atoms with E-state index in [0.717, 1.165) is 38.3 Å². The number of hydrogen-bond acceptors (Lipinski definition) is 6. The minimum atomic E-state index is -0.945. The second kappa shape index (κ2) is 15.0. The second-order valence-corrected chi connectivity index (χ2v) is 11.6. The van der Waals surface area contributed by atoms with Crippen LogP contribution >= 0.6 is 11.8 Å². The van der Waals surface area contributed by atoms with Gasteiger partial charge in [-0.05, 0) is 65.1 Å². The SMILES string of the molecule is CCNC(=O)NCc1cccc(-c2ccc([C@@H]3O[C@H](CSc4ccc(C(=O)O)cc4)C[C@H](c4ccc(CO)cc4)O3)cc2)c1. The van der Waals surface area contributed by atoms with Crippen molar-refractivity contribution in [1.29, 1.82) is 0 Å². The molecule has 0 bridgehead atoms. The van der Waals surface area contributed by atoms with E-state index in [2.05, 4.69) is 16.7 Å². The van der Waals surface area contributed by atoms with Gasteiger partial charge in [0.1, 0.15) is 0 Å². The number of carbonyl (C=O) groups is 2. The van der Waals surface area contributed by atoms with Crippen molar-refractivity contribution in [3.63, 3.8) is 0 Å². The summed E-state index contributed by atoms with van der Waals surface area (Å²) in [5, 5.41) is 24.3. The molecule has 0 aliphatic carbocycles. The van der Waals surface area contributed by atoms with E-state index in [1.807, 2.05) is 85.8 Å². The maximum Gasteiger partial charge on any atom is 0.335 e. The van der Waals surface area contributed by atoms with Crippen LogP contribution in [-0.2, 0) is 22.6 Å². The highest BCUT2D eigenvalue weighted by Gasteiger charge is 2.32. The van der Waals surface area contributed by atoms with E-state index in [1.54, 1.807) is 23.9 Å². The number of aromatic carboxylic acids is 1. The molecule has 1 fully saturated rings. The Balaban J connectivity index is 1.30. The number of carboxylic acid groups (broad SMARTS) is 1. The number of thioether (sulfide) groups is 1. The number of carbonyl (C=O) groups excluding carboxylic acids is 1. The number of aliphatic hydroxyl groups is 1. The van der Waals surface area contributed by atoms with E-state index in [4.69, 9.17) is 9.47 Å². The topological polar surface area (TPSA) is 117 Å². The van der Waals surface area contributed by atoms with Crippen molar-refractivity contribution >= 4 is 23.8 Å². The molecule has 4 aromatic rings. The third kappa shape index (κ3) is 8.27. The molecule has 3 atom stereocenters. The Morgan fingerprint density at radius 2 is 1.57 bits per heavy atom. The van der Waals surface area contributed by atoms with Crippen LogP contribution in [0.2, 0.25) is 0 Å². The van der Waals surface area contributed by atoms with Crippen LogP contribution in [0.4, 0.5) is 4.79 Å². The van der Waals surface area contributed by atoms with Crippen LogP contribution in [0.15, 0.2) is 102 Å². The van der Waals surface area contributed by atoms with E-state index in [9.17, 15) is 19.8 Å². The molecule has 0 unspecified atom stereocenters. The zero-order chi connectivity index (χ0) is 30.9. The van der Waals surface area contributed by atoms with Gasteiger partial charge in [-0.15, -0.1) is 11.8 Å². The first-order valence-electron chi connectivity index (χ1n) is 14.6. The molecule has 2 amide bonds. The molecule has 0 radical (unpaired) electrons. The van der Waals surface area contributed by atoms with Crippen LogP contribution in [-0.4, -0.2) is 40.6 Å². The summed E-state index contributed by atoms with van der Waals surface area (Å²) in [4.78, 5) is 24.0. The predicted molar refractivity (Wildman–Crippen MR) is 170 cm³/mol. The van der Waals surface area contributed by atoms with Gasteiger partial charge in [-0.25, -0.2) is 9.59 Å². The third-order valence-electron chi connectivity index (χ3n) is 7.39. The average Bonchev–Trinajstić information content (AvgIpc) is 3.07. The summed E-state index contributed by atoms with van der Waals surface area (Å²) in [6, 6.07) is 30.7.